The van der Waals surface area contributed by atoms with Crippen molar-refractivity contribution in [3.8, 4) is 17.1 Å². The Morgan fingerprint density at radius 2 is 1.97 bits per heavy atom. The molecule has 0 amide bonds. The summed E-state index contributed by atoms with van der Waals surface area (Å²) in [6.07, 6.45) is 1.55. The minimum atomic E-state index is -3.55. The van der Waals surface area contributed by atoms with Gasteiger partial charge in [-0.3, -0.25) is 0 Å². The van der Waals surface area contributed by atoms with Crippen LogP contribution in [0.4, 0.5) is 0 Å². The molecule has 29 heavy (non-hydrogen) atoms. The van der Waals surface area contributed by atoms with Crippen LogP contribution in [0.5, 0.6) is 5.75 Å². The average Bonchev–Trinajstić information content (AvgIpc) is 3.25. The predicted octanol–water partition coefficient (Wildman–Crippen LogP) is 3.62. The number of nitrogens with zero attached hydrogens (tertiary/aromatic N) is 3. The second kappa shape index (κ2) is 7.96. The lowest BCUT2D eigenvalue weighted by atomic mass is 10.00. The van der Waals surface area contributed by atoms with Crippen LogP contribution in [0.1, 0.15) is 30.2 Å². The summed E-state index contributed by atoms with van der Waals surface area (Å²) >= 11 is 0. The minimum Gasteiger partial charge on any atom is -0.497 e. The van der Waals surface area contributed by atoms with Crippen LogP contribution in [0, 0.1) is 6.92 Å². The first kappa shape index (κ1) is 19.6. The van der Waals surface area contributed by atoms with Crippen molar-refractivity contribution in [1.82, 2.24) is 14.4 Å². The molecule has 7 nitrogen and oxygen atoms in total. The monoisotopic (exact) mass is 413 g/mol. The van der Waals surface area contributed by atoms with Crippen molar-refractivity contribution >= 4 is 10.0 Å². The van der Waals surface area contributed by atoms with Crippen LogP contribution >= 0.6 is 0 Å². The molecule has 1 saturated heterocycles. The second-order valence-electron chi connectivity index (χ2n) is 7.20. The van der Waals surface area contributed by atoms with Gasteiger partial charge in [0.1, 0.15) is 5.75 Å². The Balaban J connectivity index is 1.54. The van der Waals surface area contributed by atoms with Crippen molar-refractivity contribution in [1.29, 1.82) is 0 Å². The first-order valence-corrected chi connectivity index (χ1v) is 11.0. The largest absolute Gasteiger partial charge is 0.497 e. The summed E-state index contributed by atoms with van der Waals surface area (Å²) in [6, 6.07) is 14.4. The summed E-state index contributed by atoms with van der Waals surface area (Å²) in [7, 11) is -1.94. The van der Waals surface area contributed by atoms with E-state index in [0.29, 0.717) is 35.4 Å². The summed E-state index contributed by atoms with van der Waals surface area (Å²) in [5.74, 6) is 1.52. The van der Waals surface area contributed by atoms with Gasteiger partial charge in [-0.1, -0.05) is 35.0 Å². The molecule has 8 heteroatoms. The number of hydrogen-bond donors (Lipinski definition) is 0. The molecular weight excluding hydrogens is 390 g/mol. The van der Waals surface area contributed by atoms with Gasteiger partial charge >= 0.3 is 0 Å². The number of benzene rings is 2. The number of aromatic nitrogens is 2. The van der Waals surface area contributed by atoms with E-state index in [-0.39, 0.29) is 5.92 Å². The van der Waals surface area contributed by atoms with E-state index in [1.807, 2.05) is 43.3 Å². The highest BCUT2D eigenvalue weighted by Gasteiger charge is 2.33. The number of piperidine rings is 1. The molecule has 1 fully saturated rings. The van der Waals surface area contributed by atoms with Gasteiger partial charge in [-0.05, 0) is 44.0 Å². The molecule has 2 heterocycles. The van der Waals surface area contributed by atoms with E-state index in [1.165, 1.54) is 4.31 Å². The molecule has 1 atom stereocenters. The van der Waals surface area contributed by atoms with E-state index in [9.17, 15) is 8.42 Å². The van der Waals surface area contributed by atoms with E-state index < -0.39 is 10.0 Å². The third kappa shape index (κ3) is 4.04. The quantitative estimate of drug-likeness (QED) is 0.635. The second-order valence-corrected chi connectivity index (χ2v) is 9.14. The zero-order chi connectivity index (χ0) is 20.4. The maximum Gasteiger partial charge on any atom is 0.243 e. The van der Waals surface area contributed by atoms with Crippen LogP contribution in [0.25, 0.3) is 11.4 Å². The zero-order valence-electron chi connectivity index (χ0n) is 16.4. The van der Waals surface area contributed by atoms with Gasteiger partial charge in [0.2, 0.25) is 21.7 Å². The zero-order valence-corrected chi connectivity index (χ0v) is 17.2. The van der Waals surface area contributed by atoms with Gasteiger partial charge in [-0.15, -0.1) is 0 Å². The van der Waals surface area contributed by atoms with Crippen LogP contribution < -0.4 is 4.74 Å². The van der Waals surface area contributed by atoms with Crippen molar-refractivity contribution in [2.24, 2.45) is 0 Å². The molecule has 0 radical (unpaired) electrons. The van der Waals surface area contributed by atoms with Gasteiger partial charge in [-0.25, -0.2) is 8.42 Å². The first-order chi connectivity index (χ1) is 14.0. The highest BCUT2D eigenvalue weighted by molar-refractivity contribution is 7.89. The normalized spacial score (nSPS) is 17.9. The van der Waals surface area contributed by atoms with Crippen LogP contribution in [0.2, 0.25) is 0 Å². The Morgan fingerprint density at radius 3 is 2.72 bits per heavy atom. The Bertz CT molecular complexity index is 1090. The van der Waals surface area contributed by atoms with Crippen LogP contribution in [0.15, 0.2) is 57.9 Å². The van der Waals surface area contributed by atoms with Gasteiger partial charge in [0.15, 0.2) is 0 Å². The highest BCUT2D eigenvalue weighted by atomic mass is 32.2. The van der Waals surface area contributed by atoms with Gasteiger partial charge < -0.3 is 9.26 Å². The smallest absolute Gasteiger partial charge is 0.243 e. The fourth-order valence-electron chi connectivity index (χ4n) is 3.50. The Kier molecular flexibility index (Phi) is 5.38. The number of ether oxygens (including phenoxy) is 1. The summed E-state index contributed by atoms with van der Waals surface area (Å²) in [4.78, 5) is 4.84. The Morgan fingerprint density at radius 1 is 1.17 bits per heavy atom. The van der Waals surface area contributed by atoms with Crippen molar-refractivity contribution in [3.05, 3.63) is 60.0 Å². The first-order valence-electron chi connectivity index (χ1n) is 9.52. The topological polar surface area (TPSA) is 85.5 Å². The summed E-state index contributed by atoms with van der Waals surface area (Å²) < 4.78 is 38.3. The fourth-order valence-corrected chi connectivity index (χ4v) is 5.03. The van der Waals surface area contributed by atoms with Crippen LogP contribution in [-0.2, 0) is 10.0 Å². The van der Waals surface area contributed by atoms with Gasteiger partial charge in [0, 0.05) is 18.7 Å². The maximum absolute atomic E-state index is 13.0. The third-order valence-electron chi connectivity index (χ3n) is 5.16. The molecule has 0 N–H and O–H groups in total. The lowest BCUT2D eigenvalue weighted by molar-refractivity contribution is 0.265. The SMILES string of the molecule is COc1cccc(-c2noc([C@@H]3CCCN(S(=O)(=O)c4ccc(C)cc4)C3)n2)c1. The number of hydrogen-bond acceptors (Lipinski definition) is 6. The molecule has 1 aliphatic heterocycles. The van der Waals surface area contributed by atoms with Crippen molar-refractivity contribution < 1.29 is 17.7 Å². The van der Waals surface area contributed by atoms with Gasteiger partial charge in [0.25, 0.3) is 0 Å². The molecule has 0 saturated carbocycles. The van der Waals surface area contributed by atoms with Crippen LogP contribution in [0.3, 0.4) is 0 Å². The number of rotatable bonds is 5. The van der Waals surface area contributed by atoms with Crippen molar-refractivity contribution in [2.75, 3.05) is 20.2 Å². The molecule has 0 spiro atoms. The lowest BCUT2D eigenvalue weighted by Crippen LogP contribution is -2.39. The molecular formula is C21H23N3O4S. The number of methoxy groups -OCH3 is 1. The van der Waals surface area contributed by atoms with E-state index in [2.05, 4.69) is 10.1 Å². The molecule has 1 aromatic heterocycles. The fraction of sp³-hybridized carbons (Fsp3) is 0.333. The third-order valence-corrected chi connectivity index (χ3v) is 7.04. The lowest BCUT2D eigenvalue weighted by Gasteiger charge is -2.30. The van der Waals surface area contributed by atoms with E-state index in [4.69, 9.17) is 9.26 Å². The minimum absolute atomic E-state index is 0.129. The Labute approximate surface area is 170 Å². The molecule has 4 rings (SSSR count). The number of aryl methyl sites for hydroxylation is 1. The molecule has 0 bridgehead atoms. The summed E-state index contributed by atoms with van der Waals surface area (Å²) in [6.45, 7) is 2.75. The average molecular weight is 413 g/mol. The molecule has 0 aliphatic carbocycles. The maximum atomic E-state index is 13.0. The molecule has 2 aromatic carbocycles. The van der Waals surface area contributed by atoms with E-state index in [1.54, 1.807) is 19.2 Å². The molecule has 152 valence electrons. The predicted molar refractivity (Wildman–Crippen MR) is 108 cm³/mol. The molecule has 1 aliphatic rings. The van der Waals surface area contributed by atoms with Gasteiger partial charge in [0.05, 0.1) is 17.9 Å². The van der Waals surface area contributed by atoms with E-state index in [0.717, 1.165) is 24.0 Å². The Hall–Kier alpha value is -2.71. The van der Waals surface area contributed by atoms with Gasteiger partial charge in [-0.2, -0.15) is 9.29 Å². The van der Waals surface area contributed by atoms with Crippen LogP contribution in [-0.4, -0.2) is 43.1 Å². The molecule has 0 unspecified atom stereocenters. The highest BCUT2D eigenvalue weighted by Crippen LogP contribution is 2.31. The standard InChI is InChI=1S/C21H23N3O4S/c1-15-8-10-19(11-9-15)29(25,26)24-12-4-6-17(14-24)21-22-20(23-28-21)16-5-3-7-18(13-16)27-2/h3,5,7-11,13,17H,4,6,12,14H2,1-2H3/t17-/m1/s1. The van der Waals surface area contributed by atoms with Crippen molar-refractivity contribution in [3.63, 3.8) is 0 Å². The molecule has 3 aromatic rings. The summed E-state index contributed by atoms with van der Waals surface area (Å²) in [5, 5.41) is 4.08. The summed E-state index contributed by atoms with van der Waals surface area (Å²) in [5.41, 5.74) is 1.82. The van der Waals surface area contributed by atoms with Crippen molar-refractivity contribution in [2.45, 2.75) is 30.6 Å². The van der Waals surface area contributed by atoms with E-state index >= 15 is 0 Å². The number of sulfonamides is 1.